The van der Waals surface area contributed by atoms with Crippen LogP contribution in [0.4, 0.5) is 0 Å². The Hall–Kier alpha value is -1.96. The van der Waals surface area contributed by atoms with Crippen molar-refractivity contribution in [3.05, 3.63) is 48.9 Å². The lowest BCUT2D eigenvalue weighted by Gasteiger charge is -1.86. The molecule has 1 aromatic carbocycles. The summed E-state index contributed by atoms with van der Waals surface area (Å²) in [7, 11) is 0. The fraction of sp³-hybridized carbons (Fsp3) is 0. The van der Waals surface area contributed by atoms with E-state index in [4.69, 9.17) is 4.42 Å². The van der Waals surface area contributed by atoms with Crippen LogP contribution in [0.3, 0.4) is 0 Å². The highest BCUT2D eigenvalue weighted by molar-refractivity contribution is 5.85. The minimum Gasteiger partial charge on any atom is -0.460 e. The molecule has 67 valence electrons. The Balaban J connectivity index is 2.24. The number of hydrogen-bond acceptors (Lipinski definition) is 1. The number of H-pyrrole nitrogens is 1. The van der Waals surface area contributed by atoms with Crippen LogP contribution in [0.25, 0.3) is 22.2 Å². The van der Waals surface area contributed by atoms with Gasteiger partial charge in [-0.1, -0.05) is 18.2 Å². The zero-order valence-corrected chi connectivity index (χ0v) is 7.45. The minimum atomic E-state index is 0.959. The highest BCUT2D eigenvalue weighted by Crippen LogP contribution is 2.23. The fourth-order valence-electron chi connectivity index (χ4n) is 1.60. The van der Waals surface area contributed by atoms with Crippen molar-refractivity contribution in [1.29, 1.82) is 0 Å². The third kappa shape index (κ3) is 1.04. The number of furan rings is 1. The monoisotopic (exact) mass is 182 g/mol. The number of aromatic amines is 1. The second-order valence-corrected chi connectivity index (χ2v) is 3.21. The first-order chi connectivity index (χ1) is 6.93. The smallest absolute Gasteiger partial charge is 0.179 e. The standard InChI is InChI=1S/C12H8NO/c1-2-4-11-9(3-1)7-12(13-11)10-5-6-14-8-10/h1-7,13H. The topological polar surface area (TPSA) is 28.9 Å². The van der Waals surface area contributed by atoms with Crippen LogP contribution in [0.1, 0.15) is 0 Å². The van der Waals surface area contributed by atoms with Crippen LogP contribution in [0.2, 0.25) is 0 Å². The third-order valence-electron chi connectivity index (χ3n) is 2.29. The van der Waals surface area contributed by atoms with Crippen LogP contribution in [0.15, 0.2) is 47.1 Å². The van der Waals surface area contributed by atoms with Gasteiger partial charge in [0.2, 0.25) is 0 Å². The number of rotatable bonds is 1. The van der Waals surface area contributed by atoms with Crippen LogP contribution in [0.5, 0.6) is 0 Å². The normalized spacial score (nSPS) is 10.9. The van der Waals surface area contributed by atoms with Crippen LogP contribution in [0, 0.1) is 6.26 Å². The molecule has 0 aliphatic carbocycles. The summed E-state index contributed by atoms with van der Waals surface area (Å²) in [5, 5.41) is 1.21. The molecule has 1 radical (unpaired) electrons. The molecule has 2 heteroatoms. The average Bonchev–Trinajstić information content (AvgIpc) is 2.86. The van der Waals surface area contributed by atoms with Crippen molar-refractivity contribution in [1.82, 2.24) is 4.98 Å². The van der Waals surface area contributed by atoms with E-state index in [-0.39, 0.29) is 0 Å². The zero-order valence-electron chi connectivity index (χ0n) is 7.45. The molecular weight excluding hydrogens is 174 g/mol. The van der Waals surface area contributed by atoms with Crippen LogP contribution in [-0.2, 0) is 0 Å². The van der Waals surface area contributed by atoms with Gasteiger partial charge in [0.1, 0.15) is 0 Å². The summed E-state index contributed by atoms with van der Waals surface area (Å²) in [5.41, 5.74) is 3.14. The Morgan fingerprint density at radius 1 is 1.14 bits per heavy atom. The van der Waals surface area contributed by atoms with Crippen molar-refractivity contribution in [2.45, 2.75) is 0 Å². The van der Waals surface area contributed by atoms with Crippen LogP contribution in [-0.4, -0.2) is 4.98 Å². The van der Waals surface area contributed by atoms with Gasteiger partial charge >= 0.3 is 0 Å². The van der Waals surface area contributed by atoms with Gasteiger partial charge in [0.05, 0.1) is 12.0 Å². The summed E-state index contributed by atoms with van der Waals surface area (Å²) in [6.07, 6.45) is 4.43. The number of aromatic nitrogens is 1. The zero-order chi connectivity index (χ0) is 9.38. The quantitative estimate of drug-likeness (QED) is 0.615. The summed E-state index contributed by atoms with van der Waals surface area (Å²) >= 11 is 0. The van der Waals surface area contributed by atoms with Gasteiger partial charge in [-0.3, -0.25) is 0 Å². The largest absolute Gasteiger partial charge is 0.460 e. The molecule has 2 nitrogen and oxygen atoms in total. The van der Waals surface area contributed by atoms with Crippen molar-refractivity contribution in [2.75, 3.05) is 0 Å². The molecule has 0 saturated carbocycles. The van der Waals surface area contributed by atoms with Gasteiger partial charge in [0.25, 0.3) is 0 Å². The second-order valence-electron chi connectivity index (χ2n) is 3.21. The van der Waals surface area contributed by atoms with Crippen molar-refractivity contribution in [3.63, 3.8) is 0 Å². The lowest BCUT2D eigenvalue weighted by atomic mass is 10.2. The molecule has 0 atom stereocenters. The molecule has 0 bridgehead atoms. The number of fused-ring (bicyclic) bond motifs is 1. The van der Waals surface area contributed by atoms with E-state index in [2.05, 4.69) is 29.4 Å². The highest BCUT2D eigenvalue weighted by atomic mass is 16.3. The number of hydrogen-bond donors (Lipinski definition) is 1. The van der Waals surface area contributed by atoms with Gasteiger partial charge in [-0.05, 0) is 18.2 Å². The number of para-hydroxylation sites is 1. The molecule has 0 fully saturated rings. The van der Waals surface area contributed by atoms with Crippen LogP contribution >= 0.6 is 0 Å². The van der Waals surface area contributed by atoms with E-state index in [1.165, 1.54) is 5.39 Å². The van der Waals surface area contributed by atoms with E-state index in [9.17, 15) is 0 Å². The van der Waals surface area contributed by atoms with Gasteiger partial charge < -0.3 is 9.40 Å². The fourth-order valence-corrected chi connectivity index (χ4v) is 1.60. The number of nitrogens with one attached hydrogen (secondary N) is 1. The third-order valence-corrected chi connectivity index (χ3v) is 2.29. The predicted molar refractivity (Wildman–Crippen MR) is 54.8 cm³/mol. The first-order valence-corrected chi connectivity index (χ1v) is 4.47. The Morgan fingerprint density at radius 3 is 2.86 bits per heavy atom. The van der Waals surface area contributed by atoms with E-state index < -0.39 is 0 Å². The van der Waals surface area contributed by atoms with Crippen molar-refractivity contribution < 1.29 is 4.42 Å². The molecule has 3 rings (SSSR count). The van der Waals surface area contributed by atoms with E-state index in [0.29, 0.717) is 0 Å². The summed E-state index contributed by atoms with van der Waals surface area (Å²) < 4.78 is 4.92. The SMILES string of the molecule is [c]1occc1-c1cc2ccccc2[nH]1. The molecule has 0 aliphatic rings. The molecule has 1 N–H and O–H groups in total. The van der Waals surface area contributed by atoms with Gasteiger partial charge in [-0.25, -0.2) is 0 Å². The Morgan fingerprint density at radius 2 is 2.07 bits per heavy atom. The average molecular weight is 182 g/mol. The summed E-state index contributed by atoms with van der Waals surface area (Å²) in [5.74, 6) is 0. The van der Waals surface area contributed by atoms with Crippen molar-refractivity contribution >= 4 is 10.9 Å². The lowest BCUT2D eigenvalue weighted by Crippen LogP contribution is -1.70. The van der Waals surface area contributed by atoms with Crippen molar-refractivity contribution in [2.24, 2.45) is 0 Å². The van der Waals surface area contributed by atoms with Gasteiger partial charge in [0.15, 0.2) is 6.26 Å². The maximum atomic E-state index is 4.92. The van der Waals surface area contributed by atoms with Crippen LogP contribution < -0.4 is 0 Å². The second kappa shape index (κ2) is 2.77. The minimum absolute atomic E-state index is 0.959. The maximum Gasteiger partial charge on any atom is 0.179 e. The van der Waals surface area contributed by atoms with Gasteiger partial charge in [0, 0.05) is 16.5 Å². The molecular formula is C12H8NO. The van der Waals surface area contributed by atoms with Gasteiger partial charge in [-0.2, -0.15) is 0 Å². The van der Waals surface area contributed by atoms with E-state index in [1.807, 2.05) is 18.2 Å². The Labute approximate surface area is 81.2 Å². The molecule has 3 aromatic rings. The van der Waals surface area contributed by atoms with Crippen molar-refractivity contribution in [3.8, 4) is 11.3 Å². The Bertz CT molecular complexity index is 515. The molecule has 2 heterocycles. The van der Waals surface area contributed by atoms with E-state index in [0.717, 1.165) is 16.8 Å². The molecule has 0 unspecified atom stereocenters. The molecule has 2 aromatic heterocycles. The summed E-state index contributed by atoms with van der Waals surface area (Å²) in [6.45, 7) is 0. The molecule has 0 spiro atoms. The van der Waals surface area contributed by atoms with Gasteiger partial charge in [-0.15, -0.1) is 0 Å². The summed E-state index contributed by atoms with van der Waals surface area (Å²) in [4.78, 5) is 3.31. The first-order valence-electron chi connectivity index (χ1n) is 4.47. The summed E-state index contributed by atoms with van der Waals surface area (Å²) in [6, 6.07) is 12.2. The van der Waals surface area contributed by atoms with E-state index in [1.54, 1.807) is 6.26 Å². The molecule has 0 saturated heterocycles. The molecule has 0 amide bonds. The molecule has 0 aliphatic heterocycles. The van der Waals surface area contributed by atoms with E-state index >= 15 is 0 Å². The molecule has 14 heavy (non-hydrogen) atoms. The predicted octanol–water partition coefficient (Wildman–Crippen LogP) is 3.23. The Kier molecular flexibility index (Phi) is 1.47. The first kappa shape index (κ1) is 7.44. The lowest BCUT2D eigenvalue weighted by molar-refractivity contribution is 0.559. The highest BCUT2D eigenvalue weighted by Gasteiger charge is 2.03. The maximum absolute atomic E-state index is 4.92. The number of benzene rings is 1.